The summed E-state index contributed by atoms with van der Waals surface area (Å²) in [5, 5.41) is 3.45. The number of hydrogen-bond donors (Lipinski definition) is 1. The minimum Gasteiger partial charge on any atom is -0.337 e. The van der Waals surface area contributed by atoms with E-state index in [1.54, 1.807) is 17.0 Å². The highest BCUT2D eigenvalue weighted by Crippen LogP contribution is 2.28. The van der Waals surface area contributed by atoms with Crippen molar-refractivity contribution < 1.29 is 18.0 Å². The maximum Gasteiger partial charge on any atom is 0.433 e. The third-order valence-corrected chi connectivity index (χ3v) is 4.50. The average Bonchev–Trinajstić information content (AvgIpc) is 2.63. The van der Waals surface area contributed by atoms with E-state index in [1.165, 1.54) is 11.0 Å². The molecule has 0 saturated carbocycles. The molecule has 0 aliphatic carbocycles. The highest BCUT2D eigenvalue weighted by Gasteiger charge is 2.33. The Labute approximate surface area is 162 Å². The van der Waals surface area contributed by atoms with Crippen molar-refractivity contribution in [1.29, 1.82) is 0 Å². The molecule has 144 valence electrons. The summed E-state index contributed by atoms with van der Waals surface area (Å²) in [4.78, 5) is 23.0. The SMILES string of the molecule is O=C(Nc1ccc(Cl)cc1Cl)N1CCN(c2nccc(C(F)(F)F)n2)CC1. The number of amides is 2. The van der Waals surface area contributed by atoms with Gasteiger partial charge in [0.15, 0.2) is 0 Å². The first-order valence-electron chi connectivity index (χ1n) is 7.90. The van der Waals surface area contributed by atoms with Crippen molar-refractivity contribution >= 4 is 40.9 Å². The lowest BCUT2D eigenvalue weighted by atomic mass is 10.3. The topological polar surface area (TPSA) is 61.4 Å². The van der Waals surface area contributed by atoms with Crippen molar-refractivity contribution in [3.63, 3.8) is 0 Å². The Kier molecular flexibility index (Phi) is 5.61. The summed E-state index contributed by atoms with van der Waals surface area (Å²) in [6.07, 6.45) is -3.45. The molecule has 1 fully saturated rings. The van der Waals surface area contributed by atoms with Crippen LogP contribution in [0.5, 0.6) is 0 Å². The monoisotopic (exact) mass is 419 g/mol. The Balaban J connectivity index is 1.61. The summed E-state index contributed by atoms with van der Waals surface area (Å²) in [6, 6.07) is 5.18. The summed E-state index contributed by atoms with van der Waals surface area (Å²) in [5.74, 6) is -0.00868. The molecular weight excluding hydrogens is 406 g/mol. The van der Waals surface area contributed by atoms with Gasteiger partial charge in [-0.3, -0.25) is 0 Å². The number of hydrogen-bond acceptors (Lipinski definition) is 4. The number of aromatic nitrogens is 2. The average molecular weight is 420 g/mol. The first-order valence-corrected chi connectivity index (χ1v) is 8.66. The van der Waals surface area contributed by atoms with Gasteiger partial charge in [0.2, 0.25) is 5.95 Å². The molecule has 3 rings (SSSR count). The zero-order valence-electron chi connectivity index (χ0n) is 13.8. The lowest BCUT2D eigenvalue weighted by Gasteiger charge is -2.34. The largest absolute Gasteiger partial charge is 0.433 e. The number of benzene rings is 1. The van der Waals surface area contributed by atoms with E-state index in [2.05, 4.69) is 15.3 Å². The number of anilines is 2. The van der Waals surface area contributed by atoms with E-state index in [0.717, 1.165) is 12.3 Å². The Morgan fingerprint density at radius 3 is 2.44 bits per heavy atom. The van der Waals surface area contributed by atoms with E-state index in [9.17, 15) is 18.0 Å². The summed E-state index contributed by atoms with van der Waals surface area (Å²) >= 11 is 11.9. The third-order valence-electron chi connectivity index (χ3n) is 3.96. The van der Waals surface area contributed by atoms with Crippen LogP contribution in [-0.2, 0) is 6.18 Å². The second kappa shape index (κ2) is 7.77. The molecule has 1 aliphatic heterocycles. The molecule has 0 bridgehead atoms. The quantitative estimate of drug-likeness (QED) is 0.793. The number of nitrogens with one attached hydrogen (secondary N) is 1. The van der Waals surface area contributed by atoms with Crippen molar-refractivity contribution in [3.8, 4) is 0 Å². The van der Waals surface area contributed by atoms with Gasteiger partial charge in [-0.05, 0) is 24.3 Å². The van der Waals surface area contributed by atoms with Gasteiger partial charge in [-0.15, -0.1) is 0 Å². The van der Waals surface area contributed by atoms with Crippen LogP contribution in [0.15, 0.2) is 30.5 Å². The number of carbonyl (C=O) groups excluding carboxylic acids is 1. The number of nitrogens with zero attached hydrogens (tertiary/aromatic N) is 4. The van der Waals surface area contributed by atoms with Gasteiger partial charge < -0.3 is 15.1 Å². The van der Waals surface area contributed by atoms with Crippen LogP contribution in [0.25, 0.3) is 0 Å². The van der Waals surface area contributed by atoms with Crippen LogP contribution in [0.3, 0.4) is 0 Å². The second-order valence-electron chi connectivity index (χ2n) is 5.77. The molecule has 0 spiro atoms. The normalized spacial score (nSPS) is 15.0. The van der Waals surface area contributed by atoms with Gasteiger partial charge in [-0.25, -0.2) is 14.8 Å². The number of piperazine rings is 1. The van der Waals surface area contributed by atoms with Gasteiger partial charge >= 0.3 is 12.2 Å². The third kappa shape index (κ3) is 4.72. The molecule has 1 aromatic heterocycles. The fraction of sp³-hybridized carbons (Fsp3) is 0.312. The van der Waals surface area contributed by atoms with E-state index >= 15 is 0 Å². The van der Waals surface area contributed by atoms with Crippen LogP contribution in [-0.4, -0.2) is 47.1 Å². The Morgan fingerprint density at radius 1 is 1.11 bits per heavy atom. The fourth-order valence-electron chi connectivity index (χ4n) is 2.55. The molecule has 2 heterocycles. The minimum atomic E-state index is -4.53. The van der Waals surface area contributed by atoms with Crippen LogP contribution in [0.4, 0.5) is 29.6 Å². The summed E-state index contributed by atoms with van der Waals surface area (Å²) in [5.41, 5.74) is -0.570. The smallest absolute Gasteiger partial charge is 0.337 e. The molecule has 1 saturated heterocycles. The van der Waals surface area contributed by atoms with Gasteiger partial charge in [0.25, 0.3) is 0 Å². The molecule has 1 aliphatic rings. The molecule has 0 radical (unpaired) electrons. The van der Waals surface area contributed by atoms with Gasteiger partial charge in [-0.2, -0.15) is 13.2 Å². The van der Waals surface area contributed by atoms with Gasteiger partial charge in [0.1, 0.15) is 5.69 Å². The number of halogens is 5. The van der Waals surface area contributed by atoms with Gasteiger partial charge in [0.05, 0.1) is 10.7 Å². The van der Waals surface area contributed by atoms with E-state index in [1.807, 2.05) is 0 Å². The van der Waals surface area contributed by atoms with Crippen molar-refractivity contribution in [2.75, 3.05) is 36.4 Å². The van der Waals surface area contributed by atoms with Crippen molar-refractivity contribution in [2.24, 2.45) is 0 Å². The van der Waals surface area contributed by atoms with Crippen LogP contribution in [0.1, 0.15) is 5.69 Å². The zero-order chi connectivity index (χ0) is 19.6. The van der Waals surface area contributed by atoms with Crippen LogP contribution >= 0.6 is 23.2 Å². The predicted molar refractivity (Wildman–Crippen MR) is 96.3 cm³/mol. The number of alkyl halides is 3. The molecule has 11 heteroatoms. The van der Waals surface area contributed by atoms with Crippen LogP contribution < -0.4 is 10.2 Å². The molecule has 27 heavy (non-hydrogen) atoms. The molecule has 0 atom stereocenters. The maximum atomic E-state index is 12.8. The molecule has 1 N–H and O–H groups in total. The predicted octanol–water partition coefficient (Wildman–Crippen LogP) is 4.16. The molecular formula is C16H14Cl2F3N5O. The zero-order valence-corrected chi connectivity index (χ0v) is 15.3. The van der Waals surface area contributed by atoms with Crippen molar-refractivity contribution in [2.45, 2.75) is 6.18 Å². The number of carbonyl (C=O) groups is 1. The van der Waals surface area contributed by atoms with E-state index in [4.69, 9.17) is 23.2 Å². The lowest BCUT2D eigenvalue weighted by molar-refractivity contribution is -0.141. The molecule has 6 nitrogen and oxygen atoms in total. The Hall–Kier alpha value is -2.26. The number of urea groups is 1. The number of rotatable bonds is 2. The van der Waals surface area contributed by atoms with Gasteiger partial charge in [-0.1, -0.05) is 23.2 Å². The summed E-state index contributed by atoms with van der Waals surface area (Å²) < 4.78 is 38.3. The first kappa shape index (κ1) is 19.5. The van der Waals surface area contributed by atoms with Crippen molar-refractivity contribution in [1.82, 2.24) is 14.9 Å². The lowest BCUT2D eigenvalue weighted by Crippen LogP contribution is -2.50. The van der Waals surface area contributed by atoms with Crippen molar-refractivity contribution in [3.05, 3.63) is 46.2 Å². The van der Waals surface area contributed by atoms with Gasteiger partial charge in [0, 0.05) is 37.4 Å². The maximum absolute atomic E-state index is 12.8. The molecule has 2 aromatic rings. The second-order valence-corrected chi connectivity index (χ2v) is 6.61. The summed E-state index contributed by atoms with van der Waals surface area (Å²) in [6.45, 7) is 1.22. The molecule has 2 amide bonds. The molecule has 0 unspecified atom stereocenters. The van der Waals surface area contributed by atoms with E-state index in [0.29, 0.717) is 41.9 Å². The first-order chi connectivity index (χ1) is 12.7. The standard InChI is InChI=1S/C16H14Cl2F3N5O/c17-10-1-2-12(11(18)9-10)23-15(27)26-7-5-25(6-8-26)14-22-4-3-13(24-14)16(19,20)21/h1-4,9H,5-8H2,(H,23,27). The van der Waals surface area contributed by atoms with Crippen LogP contribution in [0, 0.1) is 0 Å². The fourth-order valence-corrected chi connectivity index (χ4v) is 3.01. The van der Waals surface area contributed by atoms with E-state index < -0.39 is 11.9 Å². The Morgan fingerprint density at radius 2 is 1.81 bits per heavy atom. The minimum absolute atomic E-state index is 0.00868. The Bertz CT molecular complexity index is 841. The molecule has 1 aromatic carbocycles. The highest BCUT2D eigenvalue weighted by atomic mass is 35.5. The summed E-state index contributed by atoms with van der Waals surface area (Å²) in [7, 11) is 0. The van der Waals surface area contributed by atoms with E-state index in [-0.39, 0.29) is 12.0 Å². The van der Waals surface area contributed by atoms with Crippen LogP contribution in [0.2, 0.25) is 10.0 Å². The highest BCUT2D eigenvalue weighted by molar-refractivity contribution is 6.36.